The number of hydrogen-bond donors (Lipinski definition) is 2. The zero-order valence-electron chi connectivity index (χ0n) is 10.8. The summed E-state index contributed by atoms with van der Waals surface area (Å²) in [6.07, 6.45) is 0. The van der Waals surface area contributed by atoms with Crippen molar-refractivity contribution in [1.82, 2.24) is 4.90 Å². The maximum Gasteiger partial charge on any atom is 0.121 e. The first-order valence-electron chi connectivity index (χ1n) is 6.26. The fourth-order valence-electron chi connectivity index (χ4n) is 2.28. The number of nitrogens with two attached hydrogens (primary N) is 1. The van der Waals surface area contributed by atoms with Crippen LogP contribution in [0.4, 0.5) is 11.4 Å². The van der Waals surface area contributed by atoms with Gasteiger partial charge in [-0.15, -0.1) is 0 Å². The first kappa shape index (κ1) is 13.0. The number of anilines is 2. The van der Waals surface area contributed by atoms with E-state index >= 15 is 0 Å². The first-order chi connectivity index (χ1) is 8.74. The van der Waals surface area contributed by atoms with Crippen LogP contribution in [-0.4, -0.2) is 56.4 Å². The molecule has 1 heterocycles. The third-order valence-corrected chi connectivity index (χ3v) is 3.37. The number of aliphatic hydroxyl groups is 1. The van der Waals surface area contributed by atoms with Crippen LogP contribution in [0.3, 0.4) is 0 Å². The lowest BCUT2D eigenvalue weighted by Gasteiger charge is -2.36. The Hall–Kier alpha value is -1.46. The lowest BCUT2D eigenvalue weighted by atomic mass is 10.2. The summed E-state index contributed by atoms with van der Waals surface area (Å²) in [6.45, 7) is 4.74. The molecule has 1 aliphatic rings. The molecule has 1 saturated heterocycles. The van der Waals surface area contributed by atoms with Gasteiger partial charge in [-0.3, -0.25) is 4.90 Å². The topological polar surface area (TPSA) is 62.0 Å². The molecular weight excluding hydrogens is 230 g/mol. The van der Waals surface area contributed by atoms with Gasteiger partial charge in [0.25, 0.3) is 0 Å². The van der Waals surface area contributed by atoms with Crippen LogP contribution in [-0.2, 0) is 0 Å². The average Bonchev–Trinajstić information content (AvgIpc) is 2.41. The molecule has 1 aliphatic heterocycles. The number of aliphatic hydroxyl groups excluding tert-OH is 1. The normalized spacial score (nSPS) is 16.9. The van der Waals surface area contributed by atoms with Crippen LogP contribution in [0.5, 0.6) is 5.75 Å². The minimum atomic E-state index is 0.224. The van der Waals surface area contributed by atoms with Crippen LogP contribution in [0.15, 0.2) is 18.2 Å². The number of rotatable bonds is 4. The van der Waals surface area contributed by atoms with Gasteiger partial charge in [-0.05, 0) is 12.1 Å². The van der Waals surface area contributed by atoms with E-state index in [-0.39, 0.29) is 6.61 Å². The van der Waals surface area contributed by atoms with E-state index in [0.29, 0.717) is 0 Å². The molecule has 0 radical (unpaired) electrons. The molecular formula is C13H21N3O2. The van der Waals surface area contributed by atoms with E-state index in [1.807, 2.05) is 18.2 Å². The van der Waals surface area contributed by atoms with Gasteiger partial charge in [0.1, 0.15) is 5.75 Å². The Morgan fingerprint density at radius 2 is 2.00 bits per heavy atom. The van der Waals surface area contributed by atoms with Crippen LogP contribution in [0.1, 0.15) is 0 Å². The quantitative estimate of drug-likeness (QED) is 0.758. The lowest BCUT2D eigenvalue weighted by molar-refractivity contribution is 0.189. The number of methoxy groups -OCH3 is 1. The van der Waals surface area contributed by atoms with Crippen LogP contribution in [0, 0.1) is 0 Å². The molecule has 0 saturated carbocycles. The molecule has 5 nitrogen and oxygen atoms in total. The van der Waals surface area contributed by atoms with Crippen molar-refractivity contribution in [3.05, 3.63) is 18.2 Å². The second-order valence-electron chi connectivity index (χ2n) is 4.48. The number of ether oxygens (including phenoxy) is 1. The van der Waals surface area contributed by atoms with E-state index in [4.69, 9.17) is 15.6 Å². The number of hydrogen-bond acceptors (Lipinski definition) is 5. The van der Waals surface area contributed by atoms with Crippen molar-refractivity contribution in [3.63, 3.8) is 0 Å². The van der Waals surface area contributed by atoms with E-state index < -0.39 is 0 Å². The Balaban J connectivity index is 2.04. The summed E-state index contributed by atoms with van der Waals surface area (Å²) in [6, 6.07) is 5.74. The molecule has 0 bridgehead atoms. The van der Waals surface area contributed by atoms with E-state index in [2.05, 4.69) is 9.80 Å². The van der Waals surface area contributed by atoms with E-state index in [9.17, 15) is 0 Å². The van der Waals surface area contributed by atoms with Gasteiger partial charge in [0, 0.05) is 38.8 Å². The van der Waals surface area contributed by atoms with Gasteiger partial charge >= 0.3 is 0 Å². The van der Waals surface area contributed by atoms with Crippen molar-refractivity contribution in [2.75, 3.05) is 57.1 Å². The highest BCUT2D eigenvalue weighted by atomic mass is 16.5. The summed E-state index contributed by atoms with van der Waals surface area (Å²) < 4.78 is 5.23. The number of β-amino-alcohol motifs (C(OH)–C–C–N with tert-alkyl or cyclic N) is 1. The fourth-order valence-corrected chi connectivity index (χ4v) is 2.28. The molecule has 5 heteroatoms. The second kappa shape index (κ2) is 5.93. The minimum Gasteiger partial charge on any atom is -0.497 e. The third kappa shape index (κ3) is 2.86. The van der Waals surface area contributed by atoms with Crippen molar-refractivity contribution in [2.45, 2.75) is 0 Å². The van der Waals surface area contributed by atoms with Gasteiger partial charge in [0.15, 0.2) is 0 Å². The summed E-state index contributed by atoms with van der Waals surface area (Å²) in [4.78, 5) is 4.53. The number of piperazine rings is 1. The Bertz CT molecular complexity index is 390. The van der Waals surface area contributed by atoms with E-state index in [1.54, 1.807) is 7.11 Å². The van der Waals surface area contributed by atoms with Crippen LogP contribution in [0.25, 0.3) is 0 Å². The molecule has 0 spiro atoms. The molecule has 3 N–H and O–H groups in total. The first-order valence-corrected chi connectivity index (χ1v) is 6.26. The molecule has 2 rings (SSSR count). The third-order valence-electron chi connectivity index (χ3n) is 3.37. The standard InChI is InChI=1S/C13H21N3O2/c1-18-11-2-3-12(14)13(10-11)16-6-4-15(5-7-16)8-9-17/h2-3,10,17H,4-9,14H2,1H3. The summed E-state index contributed by atoms with van der Waals surface area (Å²) in [5.74, 6) is 0.831. The Morgan fingerprint density at radius 1 is 1.28 bits per heavy atom. The van der Waals surface area contributed by atoms with E-state index in [1.165, 1.54) is 0 Å². The molecule has 0 unspecified atom stereocenters. The fraction of sp³-hybridized carbons (Fsp3) is 0.538. The Kier molecular flexibility index (Phi) is 4.28. The number of nitrogens with zero attached hydrogens (tertiary/aromatic N) is 2. The summed E-state index contributed by atoms with van der Waals surface area (Å²) >= 11 is 0. The molecule has 1 aromatic rings. The highest BCUT2D eigenvalue weighted by Crippen LogP contribution is 2.28. The molecule has 0 aliphatic carbocycles. The van der Waals surface area contributed by atoms with Crippen LogP contribution < -0.4 is 15.4 Å². The average molecular weight is 251 g/mol. The van der Waals surface area contributed by atoms with Crippen molar-refractivity contribution in [1.29, 1.82) is 0 Å². The largest absolute Gasteiger partial charge is 0.497 e. The van der Waals surface area contributed by atoms with Gasteiger partial charge in [-0.2, -0.15) is 0 Å². The zero-order chi connectivity index (χ0) is 13.0. The molecule has 18 heavy (non-hydrogen) atoms. The summed E-state index contributed by atoms with van der Waals surface area (Å²) in [5, 5.41) is 8.92. The van der Waals surface area contributed by atoms with Gasteiger partial charge in [-0.1, -0.05) is 0 Å². The van der Waals surface area contributed by atoms with Gasteiger partial charge < -0.3 is 20.5 Å². The predicted octanol–water partition coefficient (Wildman–Crippen LogP) is 0.392. The van der Waals surface area contributed by atoms with Gasteiger partial charge in [0.2, 0.25) is 0 Å². The van der Waals surface area contributed by atoms with Crippen LogP contribution >= 0.6 is 0 Å². The Morgan fingerprint density at radius 3 is 2.61 bits per heavy atom. The molecule has 0 amide bonds. The van der Waals surface area contributed by atoms with Crippen molar-refractivity contribution >= 4 is 11.4 Å². The monoisotopic (exact) mass is 251 g/mol. The highest BCUT2D eigenvalue weighted by Gasteiger charge is 2.18. The lowest BCUT2D eigenvalue weighted by Crippen LogP contribution is -2.47. The maximum atomic E-state index is 8.92. The van der Waals surface area contributed by atoms with Crippen molar-refractivity contribution in [2.24, 2.45) is 0 Å². The second-order valence-corrected chi connectivity index (χ2v) is 4.48. The molecule has 0 atom stereocenters. The van der Waals surface area contributed by atoms with Gasteiger partial charge in [0.05, 0.1) is 25.1 Å². The SMILES string of the molecule is COc1ccc(N)c(N2CCN(CCO)CC2)c1. The predicted molar refractivity (Wildman–Crippen MR) is 73.1 cm³/mol. The Labute approximate surface area is 108 Å². The van der Waals surface area contributed by atoms with Gasteiger partial charge in [-0.25, -0.2) is 0 Å². The molecule has 1 aromatic carbocycles. The molecule has 100 valence electrons. The van der Waals surface area contributed by atoms with Crippen molar-refractivity contribution in [3.8, 4) is 5.75 Å². The number of benzene rings is 1. The summed E-state index contributed by atoms with van der Waals surface area (Å²) in [7, 11) is 1.66. The zero-order valence-corrected chi connectivity index (χ0v) is 10.8. The molecule has 0 aromatic heterocycles. The van der Waals surface area contributed by atoms with E-state index in [0.717, 1.165) is 49.8 Å². The smallest absolute Gasteiger partial charge is 0.121 e. The number of nitrogen functional groups attached to an aromatic ring is 1. The highest BCUT2D eigenvalue weighted by molar-refractivity contribution is 5.69. The maximum absolute atomic E-state index is 8.92. The summed E-state index contributed by atoms with van der Waals surface area (Å²) in [5.41, 5.74) is 7.84. The van der Waals surface area contributed by atoms with Crippen molar-refractivity contribution < 1.29 is 9.84 Å². The minimum absolute atomic E-state index is 0.224. The molecule has 1 fully saturated rings. The van der Waals surface area contributed by atoms with Crippen LogP contribution in [0.2, 0.25) is 0 Å².